The van der Waals surface area contributed by atoms with E-state index in [1.807, 2.05) is 51.1 Å². The SMILES string of the molecule is CCN(C(=O)CC(=O)Nc1ccc(OC(C)C)cc1)c1ccccc1. The van der Waals surface area contributed by atoms with Crippen molar-refractivity contribution in [1.29, 1.82) is 0 Å². The maximum Gasteiger partial charge on any atom is 0.236 e. The van der Waals surface area contributed by atoms with Gasteiger partial charge < -0.3 is 15.0 Å². The summed E-state index contributed by atoms with van der Waals surface area (Å²) in [5, 5.41) is 2.74. The number of ether oxygens (including phenoxy) is 1. The fourth-order valence-corrected chi connectivity index (χ4v) is 2.44. The van der Waals surface area contributed by atoms with Crippen molar-refractivity contribution in [3.63, 3.8) is 0 Å². The smallest absolute Gasteiger partial charge is 0.236 e. The second-order valence-electron chi connectivity index (χ2n) is 5.89. The third-order valence-corrected chi connectivity index (χ3v) is 3.51. The van der Waals surface area contributed by atoms with Crippen molar-refractivity contribution in [1.82, 2.24) is 0 Å². The van der Waals surface area contributed by atoms with Gasteiger partial charge in [0.05, 0.1) is 6.10 Å². The molecule has 0 saturated heterocycles. The summed E-state index contributed by atoms with van der Waals surface area (Å²) in [6.45, 7) is 6.30. The number of carbonyl (C=O) groups is 2. The van der Waals surface area contributed by atoms with Crippen molar-refractivity contribution in [2.24, 2.45) is 0 Å². The Hall–Kier alpha value is -2.82. The number of rotatable bonds is 7. The van der Waals surface area contributed by atoms with Crippen LogP contribution in [-0.2, 0) is 9.59 Å². The van der Waals surface area contributed by atoms with E-state index in [0.717, 1.165) is 11.4 Å². The van der Waals surface area contributed by atoms with E-state index in [1.54, 1.807) is 29.2 Å². The van der Waals surface area contributed by atoms with Crippen LogP contribution in [0.3, 0.4) is 0 Å². The largest absolute Gasteiger partial charge is 0.491 e. The third kappa shape index (κ3) is 5.64. The summed E-state index contributed by atoms with van der Waals surface area (Å²) in [7, 11) is 0. The number of benzene rings is 2. The molecule has 25 heavy (non-hydrogen) atoms. The summed E-state index contributed by atoms with van der Waals surface area (Å²) in [4.78, 5) is 26.1. The van der Waals surface area contributed by atoms with Gasteiger partial charge in [-0.25, -0.2) is 0 Å². The molecule has 0 bridgehead atoms. The minimum absolute atomic E-state index is 0.0936. The molecule has 0 aliphatic carbocycles. The number of nitrogens with one attached hydrogen (secondary N) is 1. The first-order valence-corrected chi connectivity index (χ1v) is 8.41. The minimum Gasteiger partial charge on any atom is -0.491 e. The Kier molecular flexibility index (Phi) is 6.57. The fraction of sp³-hybridized carbons (Fsp3) is 0.300. The highest BCUT2D eigenvalue weighted by atomic mass is 16.5. The Labute approximate surface area is 148 Å². The maximum absolute atomic E-state index is 12.4. The summed E-state index contributed by atoms with van der Waals surface area (Å²) < 4.78 is 5.56. The van der Waals surface area contributed by atoms with E-state index in [2.05, 4.69) is 5.32 Å². The highest BCUT2D eigenvalue weighted by Crippen LogP contribution is 2.18. The normalized spacial score (nSPS) is 10.4. The summed E-state index contributed by atoms with van der Waals surface area (Å²) >= 11 is 0. The molecule has 2 aromatic rings. The van der Waals surface area contributed by atoms with Crippen LogP contribution in [-0.4, -0.2) is 24.5 Å². The van der Waals surface area contributed by atoms with Crippen molar-refractivity contribution in [2.45, 2.75) is 33.3 Å². The standard InChI is InChI=1S/C20H24N2O3/c1-4-22(17-8-6-5-7-9-17)20(24)14-19(23)21-16-10-12-18(13-11-16)25-15(2)3/h5-13,15H,4,14H2,1-3H3,(H,21,23). The van der Waals surface area contributed by atoms with Crippen molar-refractivity contribution < 1.29 is 14.3 Å². The van der Waals surface area contributed by atoms with Gasteiger partial charge in [0.2, 0.25) is 11.8 Å². The van der Waals surface area contributed by atoms with Crippen LogP contribution in [0.4, 0.5) is 11.4 Å². The van der Waals surface area contributed by atoms with Crippen LogP contribution in [0.5, 0.6) is 5.75 Å². The first-order chi connectivity index (χ1) is 12.0. The van der Waals surface area contributed by atoms with Gasteiger partial charge in [0.1, 0.15) is 12.2 Å². The van der Waals surface area contributed by atoms with Gasteiger partial charge in [-0.1, -0.05) is 18.2 Å². The molecule has 2 rings (SSSR count). The van der Waals surface area contributed by atoms with Crippen LogP contribution in [0, 0.1) is 0 Å². The number of nitrogens with zero attached hydrogens (tertiary/aromatic N) is 1. The van der Waals surface area contributed by atoms with Crippen molar-refractivity contribution >= 4 is 23.2 Å². The number of hydrogen-bond donors (Lipinski definition) is 1. The van der Waals surface area contributed by atoms with Crippen LogP contribution >= 0.6 is 0 Å². The van der Waals surface area contributed by atoms with Gasteiger partial charge in [-0.15, -0.1) is 0 Å². The molecule has 5 nitrogen and oxygen atoms in total. The molecule has 0 aromatic heterocycles. The number of para-hydroxylation sites is 1. The summed E-state index contributed by atoms with van der Waals surface area (Å²) in [6, 6.07) is 16.4. The first kappa shape index (κ1) is 18.5. The average Bonchev–Trinajstić information content (AvgIpc) is 2.57. The first-order valence-electron chi connectivity index (χ1n) is 8.41. The Morgan fingerprint density at radius 2 is 1.68 bits per heavy atom. The zero-order valence-electron chi connectivity index (χ0n) is 14.9. The number of anilines is 2. The van der Waals surface area contributed by atoms with Crippen LogP contribution in [0.1, 0.15) is 27.2 Å². The molecule has 132 valence electrons. The van der Waals surface area contributed by atoms with Gasteiger partial charge in [-0.3, -0.25) is 9.59 Å². The highest BCUT2D eigenvalue weighted by molar-refractivity contribution is 6.09. The predicted octanol–water partition coefficient (Wildman–Crippen LogP) is 3.86. The van der Waals surface area contributed by atoms with E-state index in [-0.39, 0.29) is 24.3 Å². The molecular formula is C20H24N2O3. The van der Waals surface area contributed by atoms with Crippen molar-refractivity contribution in [3.05, 3.63) is 54.6 Å². The monoisotopic (exact) mass is 340 g/mol. The van der Waals surface area contributed by atoms with E-state index >= 15 is 0 Å². The van der Waals surface area contributed by atoms with E-state index < -0.39 is 0 Å². The molecule has 1 N–H and O–H groups in total. The zero-order chi connectivity index (χ0) is 18.2. The van der Waals surface area contributed by atoms with E-state index in [1.165, 1.54) is 0 Å². The molecule has 0 aliphatic rings. The molecule has 0 atom stereocenters. The van der Waals surface area contributed by atoms with Gasteiger partial charge in [-0.05, 0) is 57.2 Å². The van der Waals surface area contributed by atoms with Gasteiger partial charge in [0.15, 0.2) is 0 Å². The van der Waals surface area contributed by atoms with Crippen molar-refractivity contribution in [3.8, 4) is 5.75 Å². The molecule has 0 radical (unpaired) electrons. The lowest BCUT2D eigenvalue weighted by Gasteiger charge is -2.20. The molecule has 5 heteroatoms. The third-order valence-electron chi connectivity index (χ3n) is 3.51. The van der Waals surface area contributed by atoms with Gasteiger partial charge in [0.25, 0.3) is 0 Å². The molecule has 0 fully saturated rings. The fourth-order valence-electron chi connectivity index (χ4n) is 2.44. The Morgan fingerprint density at radius 3 is 2.24 bits per heavy atom. The summed E-state index contributed by atoms with van der Waals surface area (Å²) in [5.74, 6) is 0.174. The second kappa shape index (κ2) is 8.87. The predicted molar refractivity (Wildman–Crippen MR) is 99.9 cm³/mol. The van der Waals surface area contributed by atoms with Crippen LogP contribution in [0.15, 0.2) is 54.6 Å². The maximum atomic E-state index is 12.4. The average molecular weight is 340 g/mol. The molecule has 0 aliphatic heterocycles. The second-order valence-corrected chi connectivity index (χ2v) is 5.89. The number of carbonyl (C=O) groups excluding carboxylic acids is 2. The minimum atomic E-state index is -0.336. The summed E-state index contributed by atoms with van der Waals surface area (Å²) in [5.41, 5.74) is 1.43. The molecule has 2 amide bonds. The topological polar surface area (TPSA) is 58.6 Å². The molecule has 0 heterocycles. The lowest BCUT2D eigenvalue weighted by atomic mass is 10.2. The number of amides is 2. The molecule has 0 unspecified atom stereocenters. The van der Waals surface area contributed by atoms with Crippen molar-refractivity contribution in [2.75, 3.05) is 16.8 Å². The lowest BCUT2D eigenvalue weighted by molar-refractivity contribution is -0.125. The van der Waals surface area contributed by atoms with E-state index in [4.69, 9.17) is 4.74 Å². The van der Waals surface area contributed by atoms with Gasteiger partial charge in [0, 0.05) is 17.9 Å². The highest BCUT2D eigenvalue weighted by Gasteiger charge is 2.17. The summed E-state index contributed by atoms with van der Waals surface area (Å²) in [6.07, 6.45) is -0.108. The van der Waals surface area contributed by atoms with Gasteiger partial charge in [-0.2, -0.15) is 0 Å². The van der Waals surface area contributed by atoms with Gasteiger partial charge >= 0.3 is 0 Å². The Morgan fingerprint density at radius 1 is 1.04 bits per heavy atom. The van der Waals surface area contributed by atoms with E-state index in [9.17, 15) is 9.59 Å². The molecule has 0 spiro atoms. The Balaban J connectivity index is 1.93. The number of hydrogen-bond acceptors (Lipinski definition) is 3. The molecular weight excluding hydrogens is 316 g/mol. The lowest BCUT2D eigenvalue weighted by Crippen LogP contribution is -2.33. The Bertz CT molecular complexity index is 697. The van der Waals surface area contributed by atoms with Crippen LogP contribution in [0.25, 0.3) is 0 Å². The quantitative estimate of drug-likeness (QED) is 0.779. The van der Waals surface area contributed by atoms with Crippen LogP contribution in [0.2, 0.25) is 0 Å². The van der Waals surface area contributed by atoms with Crippen LogP contribution < -0.4 is 15.0 Å². The zero-order valence-corrected chi connectivity index (χ0v) is 14.9. The van der Waals surface area contributed by atoms with E-state index in [0.29, 0.717) is 12.2 Å². The molecule has 0 saturated carbocycles. The molecule has 2 aromatic carbocycles.